The van der Waals surface area contributed by atoms with Crippen LogP contribution in [0.1, 0.15) is 59.3 Å². The van der Waals surface area contributed by atoms with Crippen molar-refractivity contribution in [3.8, 4) is 0 Å². The summed E-state index contributed by atoms with van der Waals surface area (Å²) < 4.78 is 0. The van der Waals surface area contributed by atoms with Crippen molar-refractivity contribution in [2.24, 2.45) is 17.8 Å². The minimum Gasteiger partial charge on any atom is -0.299 e. The maximum absolute atomic E-state index is 12.1. The van der Waals surface area contributed by atoms with Crippen LogP contribution in [0.2, 0.25) is 0 Å². The van der Waals surface area contributed by atoms with Gasteiger partial charge in [0.1, 0.15) is 5.78 Å². The fraction of sp³-hybridized carbons (Fsp3) is 0.944. The number of likely N-dealkylation sites (tertiary alicyclic amines) is 2. The van der Waals surface area contributed by atoms with E-state index >= 15 is 0 Å². The maximum atomic E-state index is 12.1. The zero-order chi connectivity index (χ0) is 15.2. The van der Waals surface area contributed by atoms with Crippen molar-refractivity contribution in [3.05, 3.63) is 0 Å². The summed E-state index contributed by atoms with van der Waals surface area (Å²) in [5.74, 6) is 2.32. The summed E-state index contributed by atoms with van der Waals surface area (Å²) in [4.78, 5) is 17.3. The first-order chi connectivity index (χ1) is 10.1. The molecular weight excluding hydrogens is 260 g/mol. The molecule has 2 aliphatic rings. The molecule has 0 unspecified atom stereocenters. The molecule has 0 atom stereocenters. The lowest BCUT2D eigenvalue weighted by Crippen LogP contribution is -2.46. The lowest BCUT2D eigenvalue weighted by molar-refractivity contribution is -0.125. The molecule has 0 aromatic heterocycles. The van der Waals surface area contributed by atoms with E-state index in [1.165, 1.54) is 32.4 Å². The van der Waals surface area contributed by atoms with Gasteiger partial charge in [-0.2, -0.15) is 0 Å². The van der Waals surface area contributed by atoms with Crippen molar-refractivity contribution >= 4 is 5.78 Å². The highest BCUT2D eigenvalue weighted by Crippen LogP contribution is 2.23. The highest BCUT2D eigenvalue weighted by Gasteiger charge is 2.26. The van der Waals surface area contributed by atoms with Gasteiger partial charge in [-0.25, -0.2) is 0 Å². The highest BCUT2D eigenvalue weighted by molar-refractivity contribution is 5.81. The van der Waals surface area contributed by atoms with Gasteiger partial charge >= 0.3 is 0 Å². The third-order valence-corrected chi connectivity index (χ3v) is 5.34. The SMILES string of the molecule is CCC1CCN(CN2CCC(C(=O)CC(C)C)CC2)CC1. The average molecular weight is 294 g/mol. The molecule has 3 nitrogen and oxygen atoms in total. The molecule has 0 aromatic rings. The summed E-state index contributed by atoms with van der Waals surface area (Å²) in [6.07, 6.45) is 7.03. The van der Waals surface area contributed by atoms with Gasteiger partial charge in [0.25, 0.3) is 0 Å². The quantitative estimate of drug-likeness (QED) is 0.750. The number of hydrogen-bond acceptors (Lipinski definition) is 3. The Balaban J connectivity index is 1.66. The van der Waals surface area contributed by atoms with Gasteiger partial charge in [0, 0.05) is 25.4 Å². The number of ketones is 1. The smallest absolute Gasteiger partial charge is 0.136 e. The second-order valence-electron chi connectivity index (χ2n) is 7.57. The molecule has 0 amide bonds. The number of carbonyl (C=O) groups excluding carboxylic acids is 1. The molecule has 2 saturated heterocycles. The van der Waals surface area contributed by atoms with E-state index in [9.17, 15) is 4.79 Å². The Bertz CT molecular complexity index is 313. The molecule has 21 heavy (non-hydrogen) atoms. The maximum Gasteiger partial charge on any atom is 0.136 e. The van der Waals surface area contributed by atoms with Crippen LogP contribution in [0, 0.1) is 17.8 Å². The van der Waals surface area contributed by atoms with Gasteiger partial charge in [0.2, 0.25) is 0 Å². The van der Waals surface area contributed by atoms with Gasteiger partial charge in [-0.05, 0) is 50.6 Å². The van der Waals surface area contributed by atoms with Gasteiger partial charge in [-0.3, -0.25) is 14.6 Å². The molecule has 0 bridgehead atoms. The first-order valence-electron chi connectivity index (χ1n) is 9.06. The van der Waals surface area contributed by atoms with E-state index in [0.29, 0.717) is 17.6 Å². The Morgan fingerprint density at radius 3 is 2.00 bits per heavy atom. The van der Waals surface area contributed by atoms with Crippen molar-refractivity contribution in [2.45, 2.75) is 59.3 Å². The Morgan fingerprint density at radius 2 is 1.52 bits per heavy atom. The summed E-state index contributed by atoms with van der Waals surface area (Å²) >= 11 is 0. The average Bonchev–Trinajstić information content (AvgIpc) is 2.48. The zero-order valence-electron chi connectivity index (χ0n) is 14.3. The Labute approximate surface area is 131 Å². The van der Waals surface area contributed by atoms with Crippen molar-refractivity contribution in [1.29, 1.82) is 0 Å². The zero-order valence-corrected chi connectivity index (χ0v) is 14.3. The number of nitrogens with zero attached hydrogens (tertiary/aromatic N) is 2. The third-order valence-electron chi connectivity index (χ3n) is 5.34. The lowest BCUT2D eigenvalue weighted by atomic mass is 9.88. The monoisotopic (exact) mass is 294 g/mol. The Hall–Kier alpha value is -0.410. The van der Waals surface area contributed by atoms with E-state index in [2.05, 4.69) is 30.6 Å². The Morgan fingerprint density at radius 1 is 1.00 bits per heavy atom. The topological polar surface area (TPSA) is 23.6 Å². The molecule has 2 heterocycles. The number of carbonyl (C=O) groups is 1. The molecule has 0 aliphatic carbocycles. The van der Waals surface area contributed by atoms with E-state index in [0.717, 1.165) is 44.9 Å². The third kappa shape index (κ3) is 5.37. The molecule has 2 rings (SSSR count). The van der Waals surface area contributed by atoms with Gasteiger partial charge in [-0.1, -0.05) is 27.2 Å². The number of Topliss-reactive ketones (excluding diaryl/α,β-unsaturated/α-hetero) is 1. The molecule has 0 saturated carbocycles. The van der Waals surface area contributed by atoms with Crippen LogP contribution in [0.5, 0.6) is 0 Å². The van der Waals surface area contributed by atoms with Crippen LogP contribution >= 0.6 is 0 Å². The predicted octanol–water partition coefficient (Wildman–Crippen LogP) is 3.39. The van der Waals surface area contributed by atoms with E-state index in [1.54, 1.807) is 0 Å². The van der Waals surface area contributed by atoms with Crippen LogP contribution in [0.15, 0.2) is 0 Å². The number of piperidine rings is 2. The van der Waals surface area contributed by atoms with Crippen molar-refractivity contribution in [3.63, 3.8) is 0 Å². The standard InChI is InChI=1S/C18H34N2O/c1-4-16-5-9-19(10-6-16)14-20-11-7-17(8-12-20)18(21)13-15(2)3/h15-17H,4-14H2,1-3H3. The highest BCUT2D eigenvalue weighted by atomic mass is 16.1. The lowest BCUT2D eigenvalue weighted by Gasteiger charge is -2.38. The summed E-state index contributed by atoms with van der Waals surface area (Å²) in [5.41, 5.74) is 0. The molecule has 2 aliphatic heterocycles. The van der Waals surface area contributed by atoms with Crippen LogP contribution in [-0.4, -0.2) is 48.4 Å². The molecule has 0 N–H and O–H groups in total. The number of rotatable bonds is 6. The summed E-state index contributed by atoms with van der Waals surface area (Å²) in [5, 5.41) is 0. The van der Waals surface area contributed by atoms with Crippen molar-refractivity contribution in [1.82, 2.24) is 9.80 Å². The van der Waals surface area contributed by atoms with E-state index in [1.807, 2.05) is 0 Å². The summed E-state index contributed by atoms with van der Waals surface area (Å²) in [7, 11) is 0. The van der Waals surface area contributed by atoms with Gasteiger partial charge in [-0.15, -0.1) is 0 Å². The fourth-order valence-corrected chi connectivity index (χ4v) is 3.78. The fourth-order valence-electron chi connectivity index (χ4n) is 3.78. The first-order valence-corrected chi connectivity index (χ1v) is 9.06. The second kappa shape index (κ2) is 8.28. The van der Waals surface area contributed by atoms with Crippen LogP contribution < -0.4 is 0 Å². The van der Waals surface area contributed by atoms with Crippen LogP contribution in [0.25, 0.3) is 0 Å². The van der Waals surface area contributed by atoms with E-state index < -0.39 is 0 Å². The summed E-state index contributed by atoms with van der Waals surface area (Å²) in [6, 6.07) is 0. The van der Waals surface area contributed by atoms with Gasteiger partial charge < -0.3 is 0 Å². The van der Waals surface area contributed by atoms with Crippen LogP contribution in [0.3, 0.4) is 0 Å². The molecule has 3 heteroatoms. The van der Waals surface area contributed by atoms with E-state index in [4.69, 9.17) is 0 Å². The first kappa shape index (κ1) is 17.0. The van der Waals surface area contributed by atoms with Gasteiger partial charge in [0.05, 0.1) is 6.67 Å². The Kier molecular flexibility index (Phi) is 6.69. The van der Waals surface area contributed by atoms with Crippen LogP contribution in [-0.2, 0) is 4.79 Å². The van der Waals surface area contributed by atoms with Crippen molar-refractivity contribution < 1.29 is 4.79 Å². The van der Waals surface area contributed by atoms with Crippen LogP contribution in [0.4, 0.5) is 0 Å². The van der Waals surface area contributed by atoms with Gasteiger partial charge in [0.15, 0.2) is 0 Å². The molecule has 2 fully saturated rings. The van der Waals surface area contributed by atoms with Crippen molar-refractivity contribution in [2.75, 3.05) is 32.8 Å². The second-order valence-corrected chi connectivity index (χ2v) is 7.57. The minimum atomic E-state index is 0.342. The molecule has 0 radical (unpaired) electrons. The van der Waals surface area contributed by atoms with E-state index in [-0.39, 0.29) is 0 Å². The molecule has 0 aromatic carbocycles. The molecular formula is C18H34N2O. The molecule has 122 valence electrons. The normalized spacial score (nSPS) is 23.8. The largest absolute Gasteiger partial charge is 0.299 e. The number of hydrogen-bond donors (Lipinski definition) is 0. The summed E-state index contributed by atoms with van der Waals surface area (Å²) in [6.45, 7) is 12.5. The minimum absolute atomic E-state index is 0.342. The predicted molar refractivity (Wildman–Crippen MR) is 88.2 cm³/mol. The molecule has 0 spiro atoms.